The minimum absolute atomic E-state index is 0.0751. The average Bonchev–Trinajstić information content (AvgIpc) is 2.42. The van der Waals surface area contributed by atoms with Crippen molar-refractivity contribution in [3.63, 3.8) is 0 Å². The first-order valence-electron chi connectivity index (χ1n) is 8.81. The summed E-state index contributed by atoms with van der Waals surface area (Å²) in [7, 11) is 0. The van der Waals surface area contributed by atoms with E-state index < -0.39 is 5.60 Å². The van der Waals surface area contributed by atoms with E-state index in [1.54, 1.807) is 0 Å². The first-order chi connectivity index (χ1) is 10.5. The first kappa shape index (κ1) is 21.9. The molecule has 132 valence electrons. The predicted molar refractivity (Wildman–Crippen MR) is 96.6 cm³/mol. The molecule has 0 radical (unpaired) electrons. The molecule has 0 aliphatic carbocycles. The van der Waals surface area contributed by atoms with Crippen molar-refractivity contribution < 1.29 is 14.3 Å². The van der Waals surface area contributed by atoms with E-state index in [1.165, 1.54) is 57.8 Å². The molecule has 0 aliphatic heterocycles. The molecule has 0 saturated carbocycles. The molecule has 0 rings (SSSR count). The van der Waals surface area contributed by atoms with Crippen molar-refractivity contribution in [2.24, 2.45) is 0 Å². The van der Waals surface area contributed by atoms with Crippen molar-refractivity contribution in [1.29, 1.82) is 0 Å². The van der Waals surface area contributed by atoms with Gasteiger partial charge in [-0.2, -0.15) is 0 Å². The van der Waals surface area contributed by atoms with Crippen LogP contribution in [0.3, 0.4) is 0 Å². The zero-order valence-electron chi connectivity index (χ0n) is 14.8. The van der Waals surface area contributed by atoms with Gasteiger partial charge < -0.3 is 9.47 Å². The number of unbranched alkanes of at least 4 members (excludes halogenated alkanes) is 9. The smallest absolute Gasteiger partial charge is 0.332 e. The van der Waals surface area contributed by atoms with E-state index in [-0.39, 0.29) is 12.6 Å². The molecule has 0 fully saturated rings. The van der Waals surface area contributed by atoms with Crippen LogP contribution in [0.5, 0.6) is 0 Å². The average molecular weight is 379 g/mol. The van der Waals surface area contributed by atoms with Crippen LogP contribution in [0.2, 0.25) is 0 Å². The third-order valence-corrected chi connectivity index (χ3v) is 3.87. The van der Waals surface area contributed by atoms with Gasteiger partial charge >= 0.3 is 5.97 Å². The SMILES string of the molecule is CC(C)(C)OC(=O)COCCCCCCCCCCCCBr. The highest BCUT2D eigenvalue weighted by molar-refractivity contribution is 9.09. The summed E-state index contributed by atoms with van der Waals surface area (Å²) in [6.45, 7) is 6.34. The molecule has 0 N–H and O–H groups in total. The van der Waals surface area contributed by atoms with E-state index in [0.29, 0.717) is 6.61 Å². The summed E-state index contributed by atoms with van der Waals surface area (Å²) in [6, 6.07) is 0. The lowest BCUT2D eigenvalue weighted by Gasteiger charge is -2.19. The third-order valence-electron chi connectivity index (χ3n) is 3.31. The number of carbonyl (C=O) groups is 1. The number of halogens is 1. The largest absolute Gasteiger partial charge is 0.458 e. The van der Waals surface area contributed by atoms with Gasteiger partial charge in [0.05, 0.1) is 0 Å². The summed E-state index contributed by atoms with van der Waals surface area (Å²) in [4.78, 5) is 11.4. The summed E-state index contributed by atoms with van der Waals surface area (Å²) in [5, 5.41) is 1.14. The van der Waals surface area contributed by atoms with Gasteiger partial charge in [0.2, 0.25) is 0 Å². The number of hydrogen-bond acceptors (Lipinski definition) is 3. The molecule has 0 atom stereocenters. The van der Waals surface area contributed by atoms with E-state index in [4.69, 9.17) is 9.47 Å². The highest BCUT2D eigenvalue weighted by Crippen LogP contribution is 2.11. The number of hydrogen-bond donors (Lipinski definition) is 0. The van der Waals surface area contributed by atoms with Gasteiger partial charge in [-0.1, -0.05) is 67.3 Å². The zero-order valence-corrected chi connectivity index (χ0v) is 16.4. The lowest BCUT2D eigenvalue weighted by atomic mass is 10.1. The van der Waals surface area contributed by atoms with Gasteiger partial charge in [-0.05, 0) is 33.6 Å². The van der Waals surface area contributed by atoms with Crippen LogP contribution < -0.4 is 0 Å². The zero-order chi connectivity index (χ0) is 16.7. The van der Waals surface area contributed by atoms with Gasteiger partial charge in [0, 0.05) is 11.9 Å². The van der Waals surface area contributed by atoms with Crippen LogP contribution in [-0.4, -0.2) is 30.1 Å². The van der Waals surface area contributed by atoms with E-state index >= 15 is 0 Å². The van der Waals surface area contributed by atoms with Gasteiger partial charge in [-0.15, -0.1) is 0 Å². The van der Waals surface area contributed by atoms with Crippen LogP contribution in [-0.2, 0) is 14.3 Å². The first-order valence-corrected chi connectivity index (χ1v) is 9.93. The van der Waals surface area contributed by atoms with Crippen molar-refractivity contribution in [1.82, 2.24) is 0 Å². The second-order valence-electron chi connectivity index (χ2n) is 6.86. The summed E-state index contributed by atoms with van der Waals surface area (Å²) in [6.07, 6.45) is 13.0. The molecule has 0 amide bonds. The molecule has 0 bridgehead atoms. The van der Waals surface area contributed by atoms with Crippen LogP contribution in [0, 0.1) is 0 Å². The van der Waals surface area contributed by atoms with Crippen molar-refractivity contribution in [3.05, 3.63) is 0 Å². The van der Waals surface area contributed by atoms with E-state index in [0.717, 1.165) is 11.8 Å². The summed E-state index contributed by atoms with van der Waals surface area (Å²) in [5.41, 5.74) is -0.422. The minimum atomic E-state index is -0.422. The highest BCUT2D eigenvalue weighted by Gasteiger charge is 2.15. The molecule has 22 heavy (non-hydrogen) atoms. The molecule has 0 aromatic heterocycles. The second-order valence-corrected chi connectivity index (χ2v) is 7.66. The van der Waals surface area contributed by atoms with Crippen LogP contribution in [0.15, 0.2) is 0 Å². The Hall–Kier alpha value is -0.0900. The molecule has 3 nitrogen and oxygen atoms in total. The second kappa shape index (κ2) is 14.5. The molecule has 0 aromatic carbocycles. The predicted octanol–water partition coefficient (Wildman–Crippen LogP) is 5.64. The lowest BCUT2D eigenvalue weighted by molar-refractivity contribution is -0.160. The Morgan fingerprint density at radius 2 is 1.27 bits per heavy atom. The number of rotatable bonds is 14. The van der Waals surface area contributed by atoms with Crippen molar-refractivity contribution >= 4 is 21.9 Å². The maximum absolute atomic E-state index is 11.4. The fraction of sp³-hybridized carbons (Fsp3) is 0.944. The Kier molecular flexibility index (Phi) is 14.4. The molecular weight excluding hydrogens is 344 g/mol. The minimum Gasteiger partial charge on any atom is -0.458 e. The van der Waals surface area contributed by atoms with Crippen LogP contribution >= 0.6 is 15.9 Å². The maximum Gasteiger partial charge on any atom is 0.332 e. The molecular formula is C18H35BrO3. The quantitative estimate of drug-likeness (QED) is 0.223. The summed E-state index contributed by atoms with van der Waals surface area (Å²) >= 11 is 3.46. The van der Waals surface area contributed by atoms with E-state index in [9.17, 15) is 4.79 Å². The Labute approximate surface area is 145 Å². The fourth-order valence-electron chi connectivity index (χ4n) is 2.24. The number of ether oxygens (including phenoxy) is 2. The van der Waals surface area contributed by atoms with Gasteiger partial charge in [0.15, 0.2) is 0 Å². The molecule has 0 unspecified atom stereocenters. The summed E-state index contributed by atoms with van der Waals surface area (Å²) < 4.78 is 10.5. The topological polar surface area (TPSA) is 35.5 Å². The number of carbonyl (C=O) groups excluding carboxylic acids is 1. The Balaban J connectivity index is 3.16. The van der Waals surface area contributed by atoms with Crippen molar-refractivity contribution in [2.75, 3.05) is 18.5 Å². The van der Waals surface area contributed by atoms with Gasteiger partial charge in [0.25, 0.3) is 0 Å². The fourth-order valence-corrected chi connectivity index (χ4v) is 2.64. The van der Waals surface area contributed by atoms with Crippen molar-refractivity contribution in [3.8, 4) is 0 Å². The molecule has 0 aromatic rings. The summed E-state index contributed by atoms with van der Waals surface area (Å²) in [5.74, 6) is -0.271. The van der Waals surface area contributed by atoms with Gasteiger partial charge in [-0.25, -0.2) is 4.79 Å². The molecule has 0 saturated heterocycles. The molecule has 0 heterocycles. The van der Waals surface area contributed by atoms with E-state index in [2.05, 4.69) is 15.9 Å². The normalized spacial score (nSPS) is 11.6. The number of alkyl halides is 1. The third kappa shape index (κ3) is 18.0. The monoisotopic (exact) mass is 378 g/mol. The molecule has 0 spiro atoms. The van der Waals surface area contributed by atoms with Crippen LogP contribution in [0.1, 0.15) is 85.0 Å². The van der Waals surface area contributed by atoms with Gasteiger partial charge in [0.1, 0.15) is 12.2 Å². The Morgan fingerprint density at radius 1 is 0.818 bits per heavy atom. The molecule has 0 aliphatic rings. The highest BCUT2D eigenvalue weighted by atomic mass is 79.9. The lowest BCUT2D eigenvalue weighted by Crippen LogP contribution is -2.26. The maximum atomic E-state index is 11.4. The number of esters is 1. The Morgan fingerprint density at radius 3 is 1.73 bits per heavy atom. The van der Waals surface area contributed by atoms with Crippen LogP contribution in [0.4, 0.5) is 0 Å². The molecule has 4 heteroatoms. The van der Waals surface area contributed by atoms with Crippen molar-refractivity contribution in [2.45, 2.75) is 90.6 Å². The van der Waals surface area contributed by atoms with Gasteiger partial charge in [-0.3, -0.25) is 0 Å². The Bertz CT molecular complexity index is 262. The standard InChI is InChI=1S/C18H35BrO3/c1-18(2,3)22-17(20)16-21-15-13-11-9-7-5-4-6-8-10-12-14-19/h4-16H2,1-3H3. The van der Waals surface area contributed by atoms with Crippen LogP contribution in [0.25, 0.3) is 0 Å². The van der Waals surface area contributed by atoms with E-state index in [1.807, 2.05) is 20.8 Å².